The van der Waals surface area contributed by atoms with E-state index in [2.05, 4.69) is 40.2 Å². The first-order valence-electron chi connectivity index (χ1n) is 8.25. The molecule has 0 aliphatic carbocycles. The molecule has 3 aromatic rings. The third-order valence-corrected chi connectivity index (χ3v) is 4.24. The highest BCUT2D eigenvalue weighted by molar-refractivity contribution is 5.41. The van der Waals surface area contributed by atoms with E-state index in [1.807, 2.05) is 13.0 Å². The summed E-state index contributed by atoms with van der Waals surface area (Å²) in [5, 5.41) is 7.59. The highest BCUT2D eigenvalue weighted by Crippen LogP contribution is 2.20. The molecule has 0 unspecified atom stereocenters. The molecule has 0 atom stereocenters. The fraction of sp³-hybridized carbons (Fsp3) is 0.375. The van der Waals surface area contributed by atoms with Crippen LogP contribution in [0, 0.1) is 6.92 Å². The lowest BCUT2D eigenvalue weighted by molar-refractivity contribution is 0.521. The van der Waals surface area contributed by atoms with E-state index in [4.69, 9.17) is 0 Å². The molecular weight excluding hydrogens is 318 g/mol. The second kappa shape index (κ2) is 6.80. The summed E-state index contributed by atoms with van der Waals surface area (Å²) in [5.74, 6) is 2.43. The van der Waals surface area contributed by atoms with Crippen molar-refractivity contribution < 1.29 is 0 Å². The summed E-state index contributed by atoms with van der Waals surface area (Å²) in [4.78, 5) is 23.5. The van der Waals surface area contributed by atoms with Crippen LogP contribution in [0.15, 0.2) is 37.4 Å². The standard InChI is InChI=1S/C16H19N9/c1-12-6-14(20-10-19-12)22-13-2-4-24(5-3-13)15-7-17-8-16(23-15)25-11-18-9-21-25/h6-11,13H,2-5H2,1H3,(H,19,20,22). The van der Waals surface area contributed by atoms with Crippen LogP contribution in [0.1, 0.15) is 18.5 Å². The molecule has 9 heteroatoms. The maximum atomic E-state index is 4.64. The van der Waals surface area contributed by atoms with Crippen molar-refractivity contribution in [2.45, 2.75) is 25.8 Å². The molecule has 3 aromatic heterocycles. The molecule has 4 rings (SSSR count). The molecule has 1 N–H and O–H groups in total. The van der Waals surface area contributed by atoms with Gasteiger partial charge in [-0.25, -0.2) is 24.6 Å². The summed E-state index contributed by atoms with van der Waals surface area (Å²) in [5.41, 5.74) is 0.968. The monoisotopic (exact) mass is 337 g/mol. The van der Waals surface area contributed by atoms with Gasteiger partial charge >= 0.3 is 0 Å². The predicted octanol–water partition coefficient (Wildman–Crippen LogP) is 1.24. The van der Waals surface area contributed by atoms with E-state index in [-0.39, 0.29) is 0 Å². The first-order chi connectivity index (χ1) is 12.3. The van der Waals surface area contributed by atoms with Crippen LogP contribution in [0.25, 0.3) is 5.82 Å². The quantitative estimate of drug-likeness (QED) is 0.759. The maximum absolute atomic E-state index is 4.64. The molecule has 1 aliphatic heterocycles. The molecule has 0 spiro atoms. The molecule has 1 fully saturated rings. The number of hydrogen-bond donors (Lipinski definition) is 1. The maximum Gasteiger partial charge on any atom is 0.175 e. The Kier molecular flexibility index (Phi) is 4.19. The second-order valence-corrected chi connectivity index (χ2v) is 6.03. The Bertz CT molecular complexity index is 825. The Morgan fingerprint density at radius 1 is 1.04 bits per heavy atom. The predicted molar refractivity (Wildman–Crippen MR) is 92.6 cm³/mol. The van der Waals surface area contributed by atoms with Crippen LogP contribution >= 0.6 is 0 Å². The summed E-state index contributed by atoms with van der Waals surface area (Å²) in [6.07, 6.45) is 10.2. The summed E-state index contributed by atoms with van der Waals surface area (Å²) < 4.78 is 1.61. The van der Waals surface area contributed by atoms with E-state index in [1.165, 1.54) is 6.33 Å². The van der Waals surface area contributed by atoms with Gasteiger partial charge in [0.2, 0.25) is 0 Å². The second-order valence-electron chi connectivity index (χ2n) is 6.03. The van der Waals surface area contributed by atoms with Crippen LogP contribution in [0.5, 0.6) is 0 Å². The third kappa shape index (κ3) is 3.54. The Labute approximate surface area is 145 Å². The van der Waals surface area contributed by atoms with Crippen molar-refractivity contribution in [1.29, 1.82) is 0 Å². The molecule has 25 heavy (non-hydrogen) atoms. The summed E-state index contributed by atoms with van der Waals surface area (Å²) >= 11 is 0. The first kappa shape index (κ1) is 15.4. The van der Waals surface area contributed by atoms with Crippen LogP contribution < -0.4 is 10.2 Å². The van der Waals surface area contributed by atoms with Crippen molar-refractivity contribution in [2.75, 3.05) is 23.3 Å². The van der Waals surface area contributed by atoms with Gasteiger partial charge < -0.3 is 10.2 Å². The fourth-order valence-electron chi connectivity index (χ4n) is 2.93. The number of piperidine rings is 1. The lowest BCUT2D eigenvalue weighted by Gasteiger charge is -2.33. The number of anilines is 2. The fourth-order valence-corrected chi connectivity index (χ4v) is 2.93. The molecule has 0 amide bonds. The highest BCUT2D eigenvalue weighted by Gasteiger charge is 2.21. The van der Waals surface area contributed by atoms with Crippen LogP contribution in [0.4, 0.5) is 11.6 Å². The molecule has 1 saturated heterocycles. The average molecular weight is 337 g/mol. The van der Waals surface area contributed by atoms with E-state index >= 15 is 0 Å². The summed E-state index contributed by atoms with van der Waals surface area (Å²) in [6.45, 7) is 3.80. The van der Waals surface area contributed by atoms with Crippen molar-refractivity contribution in [3.05, 3.63) is 43.1 Å². The third-order valence-electron chi connectivity index (χ3n) is 4.24. The number of aromatic nitrogens is 7. The van der Waals surface area contributed by atoms with E-state index in [9.17, 15) is 0 Å². The normalized spacial score (nSPS) is 15.3. The van der Waals surface area contributed by atoms with Crippen molar-refractivity contribution >= 4 is 11.6 Å². The van der Waals surface area contributed by atoms with E-state index in [0.717, 1.165) is 43.3 Å². The SMILES string of the molecule is Cc1cc(NC2CCN(c3cncc(-n4cncn4)n3)CC2)ncn1. The Morgan fingerprint density at radius 2 is 1.88 bits per heavy atom. The van der Waals surface area contributed by atoms with E-state index < -0.39 is 0 Å². The Morgan fingerprint density at radius 3 is 2.64 bits per heavy atom. The average Bonchev–Trinajstić information content (AvgIpc) is 3.17. The lowest BCUT2D eigenvalue weighted by Crippen LogP contribution is -2.39. The van der Waals surface area contributed by atoms with Gasteiger partial charge in [0.1, 0.15) is 30.6 Å². The molecule has 9 nitrogen and oxygen atoms in total. The molecule has 0 radical (unpaired) electrons. The highest BCUT2D eigenvalue weighted by atomic mass is 15.4. The zero-order valence-electron chi connectivity index (χ0n) is 13.9. The van der Waals surface area contributed by atoms with Crippen LogP contribution in [0.2, 0.25) is 0 Å². The lowest BCUT2D eigenvalue weighted by atomic mass is 10.1. The molecule has 0 bridgehead atoms. The Hall–Kier alpha value is -3.10. The minimum atomic E-state index is 0.400. The van der Waals surface area contributed by atoms with Crippen LogP contribution in [-0.4, -0.2) is 53.8 Å². The van der Waals surface area contributed by atoms with Crippen molar-refractivity contribution in [3.63, 3.8) is 0 Å². The largest absolute Gasteiger partial charge is 0.367 e. The minimum absolute atomic E-state index is 0.400. The van der Waals surface area contributed by atoms with Gasteiger partial charge in [-0.05, 0) is 19.8 Å². The molecule has 0 aromatic carbocycles. The van der Waals surface area contributed by atoms with Crippen LogP contribution in [-0.2, 0) is 0 Å². The number of nitrogens with zero attached hydrogens (tertiary/aromatic N) is 8. The number of nitrogens with one attached hydrogen (secondary N) is 1. The van der Waals surface area contributed by atoms with Gasteiger partial charge in [-0.3, -0.25) is 4.98 Å². The van der Waals surface area contributed by atoms with Gasteiger partial charge in [-0.2, -0.15) is 5.10 Å². The van der Waals surface area contributed by atoms with Crippen molar-refractivity contribution in [3.8, 4) is 5.82 Å². The Balaban J connectivity index is 1.39. The van der Waals surface area contributed by atoms with Gasteiger partial charge in [0.05, 0.1) is 12.4 Å². The summed E-state index contributed by atoms with van der Waals surface area (Å²) in [7, 11) is 0. The number of rotatable bonds is 4. The number of aryl methyl sites for hydroxylation is 1. The topological polar surface area (TPSA) is 97.5 Å². The minimum Gasteiger partial charge on any atom is -0.367 e. The van der Waals surface area contributed by atoms with Gasteiger partial charge in [0.15, 0.2) is 5.82 Å². The molecule has 1 aliphatic rings. The van der Waals surface area contributed by atoms with Gasteiger partial charge in [-0.1, -0.05) is 0 Å². The number of hydrogen-bond acceptors (Lipinski definition) is 8. The molecule has 128 valence electrons. The van der Waals surface area contributed by atoms with Gasteiger partial charge in [0, 0.05) is 30.9 Å². The smallest absolute Gasteiger partial charge is 0.175 e. The van der Waals surface area contributed by atoms with Gasteiger partial charge in [0.25, 0.3) is 0 Å². The molecule has 4 heterocycles. The van der Waals surface area contributed by atoms with E-state index in [1.54, 1.807) is 29.7 Å². The van der Waals surface area contributed by atoms with E-state index in [0.29, 0.717) is 11.9 Å². The zero-order valence-corrected chi connectivity index (χ0v) is 13.9. The summed E-state index contributed by atoms with van der Waals surface area (Å²) in [6, 6.07) is 2.37. The molecular formula is C16H19N9. The van der Waals surface area contributed by atoms with Crippen molar-refractivity contribution in [2.24, 2.45) is 0 Å². The zero-order chi connectivity index (χ0) is 17.1. The van der Waals surface area contributed by atoms with Gasteiger partial charge in [-0.15, -0.1) is 0 Å². The molecule has 0 saturated carbocycles. The van der Waals surface area contributed by atoms with Crippen LogP contribution in [0.3, 0.4) is 0 Å². The van der Waals surface area contributed by atoms with Crippen molar-refractivity contribution in [1.82, 2.24) is 34.7 Å². The first-order valence-corrected chi connectivity index (χ1v) is 8.25.